The predicted octanol–water partition coefficient (Wildman–Crippen LogP) is 5.88. The van der Waals surface area contributed by atoms with Gasteiger partial charge in [-0.25, -0.2) is 4.98 Å². The summed E-state index contributed by atoms with van der Waals surface area (Å²) < 4.78 is 2.13. The Hall–Kier alpha value is -1.27. The standard InChI is InChI=1S/C22H22Cl4N4/c23-18-5-16(6-19(24)9-18)11-28-3-4-30(12-17-7-20(25)10-21(26)8-17)22(13-28)14-29-2-1-27-15-29/h1-2,5-10,15,22H,3-4,11-14H2. The number of aromatic nitrogens is 2. The second kappa shape index (κ2) is 9.90. The molecule has 1 fully saturated rings. The van der Waals surface area contributed by atoms with Gasteiger partial charge in [-0.05, 0) is 47.5 Å². The van der Waals surface area contributed by atoms with Crippen LogP contribution < -0.4 is 0 Å². The molecule has 0 saturated carbocycles. The number of halogens is 4. The van der Waals surface area contributed by atoms with Crippen molar-refractivity contribution in [2.24, 2.45) is 0 Å². The summed E-state index contributed by atoms with van der Waals surface area (Å²) in [4.78, 5) is 9.13. The van der Waals surface area contributed by atoms with Gasteiger partial charge in [0.2, 0.25) is 0 Å². The zero-order valence-corrected chi connectivity index (χ0v) is 19.3. The zero-order chi connectivity index (χ0) is 21.1. The molecule has 1 aromatic heterocycles. The Morgan fingerprint density at radius 3 is 1.97 bits per heavy atom. The minimum Gasteiger partial charge on any atom is -0.336 e. The second-order valence-electron chi connectivity index (χ2n) is 7.67. The lowest BCUT2D eigenvalue weighted by Gasteiger charge is -2.41. The third kappa shape index (κ3) is 5.91. The minimum atomic E-state index is 0.320. The van der Waals surface area contributed by atoms with Crippen LogP contribution in [0.3, 0.4) is 0 Å². The van der Waals surface area contributed by atoms with E-state index in [1.165, 1.54) is 0 Å². The normalized spacial score (nSPS) is 18.1. The fourth-order valence-corrected chi connectivity index (χ4v) is 5.16. The van der Waals surface area contributed by atoms with Crippen LogP contribution >= 0.6 is 46.4 Å². The van der Waals surface area contributed by atoms with Crippen molar-refractivity contribution in [1.82, 2.24) is 19.4 Å². The van der Waals surface area contributed by atoms with E-state index in [-0.39, 0.29) is 0 Å². The summed E-state index contributed by atoms with van der Waals surface area (Å²) in [6.45, 7) is 5.31. The fraction of sp³-hybridized carbons (Fsp3) is 0.318. The highest BCUT2D eigenvalue weighted by Crippen LogP contribution is 2.24. The van der Waals surface area contributed by atoms with E-state index in [2.05, 4.69) is 19.4 Å². The molecule has 0 aliphatic carbocycles. The summed E-state index contributed by atoms with van der Waals surface area (Å²) in [5.41, 5.74) is 2.25. The molecule has 0 spiro atoms. The summed E-state index contributed by atoms with van der Waals surface area (Å²) in [5, 5.41) is 2.67. The van der Waals surface area contributed by atoms with Gasteiger partial charge in [0.15, 0.2) is 0 Å². The summed E-state index contributed by atoms with van der Waals surface area (Å²) in [6.07, 6.45) is 5.68. The van der Waals surface area contributed by atoms with E-state index in [1.54, 1.807) is 12.1 Å². The van der Waals surface area contributed by atoms with Crippen molar-refractivity contribution in [3.63, 3.8) is 0 Å². The van der Waals surface area contributed by atoms with E-state index in [0.717, 1.165) is 50.4 Å². The Bertz CT molecular complexity index is 952. The summed E-state index contributed by atoms with van der Waals surface area (Å²) in [7, 11) is 0. The topological polar surface area (TPSA) is 24.3 Å². The van der Waals surface area contributed by atoms with E-state index in [0.29, 0.717) is 26.1 Å². The molecule has 3 aromatic rings. The number of rotatable bonds is 6. The van der Waals surface area contributed by atoms with E-state index in [1.807, 2.05) is 43.0 Å². The lowest BCUT2D eigenvalue weighted by atomic mass is 10.1. The van der Waals surface area contributed by atoms with Gasteiger partial charge in [-0.2, -0.15) is 0 Å². The first-order valence-corrected chi connectivity index (χ1v) is 11.3. The molecule has 1 unspecified atom stereocenters. The molecule has 0 N–H and O–H groups in total. The van der Waals surface area contributed by atoms with Crippen molar-refractivity contribution in [3.05, 3.63) is 86.3 Å². The van der Waals surface area contributed by atoms with Crippen LogP contribution in [0.5, 0.6) is 0 Å². The number of piperazine rings is 1. The van der Waals surface area contributed by atoms with Crippen molar-refractivity contribution >= 4 is 46.4 Å². The Labute approximate surface area is 196 Å². The average Bonchev–Trinajstić information content (AvgIpc) is 3.15. The van der Waals surface area contributed by atoms with Crippen LogP contribution in [0.1, 0.15) is 11.1 Å². The minimum absolute atomic E-state index is 0.320. The lowest BCUT2D eigenvalue weighted by molar-refractivity contribution is 0.0550. The quantitative estimate of drug-likeness (QED) is 0.437. The maximum atomic E-state index is 6.21. The monoisotopic (exact) mass is 482 g/mol. The van der Waals surface area contributed by atoms with E-state index in [9.17, 15) is 0 Å². The highest BCUT2D eigenvalue weighted by atomic mass is 35.5. The molecular formula is C22H22Cl4N4. The molecule has 4 nitrogen and oxygen atoms in total. The molecule has 0 amide bonds. The molecule has 0 bridgehead atoms. The van der Waals surface area contributed by atoms with Gasteiger partial charge in [-0.1, -0.05) is 46.4 Å². The highest BCUT2D eigenvalue weighted by molar-refractivity contribution is 6.35. The Balaban J connectivity index is 1.49. The third-order valence-corrected chi connectivity index (χ3v) is 6.18. The molecule has 30 heavy (non-hydrogen) atoms. The Morgan fingerprint density at radius 2 is 1.40 bits per heavy atom. The van der Waals surface area contributed by atoms with Crippen molar-refractivity contribution < 1.29 is 0 Å². The largest absolute Gasteiger partial charge is 0.336 e. The molecule has 2 aromatic carbocycles. The van der Waals surface area contributed by atoms with Crippen LogP contribution in [-0.2, 0) is 19.6 Å². The van der Waals surface area contributed by atoms with Crippen molar-refractivity contribution in [1.29, 1.82) is 0 Å². The molecular weight excluding hydrogens is 462 g/mol. The fourth-order valence-electron chi connectivity index (χ4n) is 4.02. The first kappa shape index (κ1) is 21.9. The van der Waals surface area contributed by atoms with Crippen molar-refractivity contribution in [2.75, 3.05) is 19.6 Å². The molecule has 1 aliphatic rings. The van der Waals surface area contributed by atoms with Gasteiger partial charge in [0.25, 0.3) is 0 Å². The van der Waals surface area contributed by atoms with Crippen LogP contribution in [0, 0.1) is 0 Å². The first-order chi connectivity index (χ1) is 14.4. The number of hydrogen-bond acceptors (Lipinski definition) is 3. The number of benzene rings is 2. The maximum Gasteiger partial charge on any atom is 0.0946 e. The van der Waals surface area contributed by atoms with Gasteiger partial charge < -0.3 is 4.57 Å². The second-order valence-corrected chi connectivity index (χ2v) is 9.42. The van der Waals surface area contributed by atoms with Crippen LogP contribution in [0.15, 0.2) is 55.1 Å². The van der Waals surface area contributed by atoms with E-state index >= 15 is 0 Å². The van der Waals surface area contributed by atoms with Crippen LogP contribution in [0.4, 0.5) is 0 Å². The highest BCUT2D eigenvalue weighted by Gasteiger charge is 2.27. The first-order valence-electron chi connectivity index (χ1n) is 9.77. The van der Waals surface area contributed by atoms with Gasteiger partial charge in [-0.3, -0.25) is 9.80 Å². The number of hydrogen-bond donors (Lipinski definition) is 0. The molecule has 2 heterocycles. The Morgan fingerprint density at radius 1 is 0.800 bits per heavy atom. The summed E-state index contributed by atoms with van der Waals surface area (Å²) in [5.74, 6) is 0. The Kier molecular flexibility index (Phi) is 7.24. The molecule has 1 saturated heterocycles. The lowest BCUT2D eigenvalue weighted by Crippen LogP contribution is -2.53. The van der Waals surface area contributed by atoms with Crippen LogP contribution in [0.25, 0.3) is 0 Å². The summed E-state index contributed by atoms with van der Waals surface area (Å²) in [6, 6.07) is 11.8. The zero-order valence-electron chi connectivity index (χ0n) is 16.3. The molecule has 1 aliphatic heterocycles. The van der Waals surface area contributed by atoms with Crippen molar-refractivity contribution in [2.45, 2.75) is 25.7 Å². The van der Waals surface area contributed by atoms with Crippen LogP contribution in [-0.4, -0.2) is 45.0 Å². The maximum absolute atomic E-state index is 6.21. The van der Waals surface area contributed by atoms with Gasteiger partial charge in [0, 0.05) is 77.8 Å². The SMILES string of the molecule is Clc1cc(Cl)cc(CN2CCN(Cc3cc(Cl)cc(Cl)c3)C(Cn3ccnc3)C2)c1. The summed E-state index contributed by atoms with van der Waals surface area (Å²) >= 11 is 24.8. The van der Waals surface area contributed by atoms with Gasteiger partial charge in [-0.15, -0.1) is 0 Å². The number of nitrogens with zero attached hydrogens (tertiary/aromatic N) is 4. The average molecular weight is 484 g/mol. The smallest absolute Gasteiger partial charge is 0.0946 e. The van der Waals surface area contributed by atoms with Gasteiger partial charge >= 0.3 is 0 Å². The molecule has 1 atom stereocenters. The molecule has 4 rings (SSSR count). The molecule has 158 valence electrons. The third-order valence-electron chi connectivity index (χ3n) is 5.31. The molecule has 8 heteroatoms. The van der Waals surface area contributed by atoms with E-state index in [4.69, 9.17) is 46.4 Å². The predicted molar refractivity (Wildman–Crippen MR) is 125 cm³/mol. The number of imidazole rings is 1. The van der Waals surface area contributed by atoms with Gasteiger partial charge in [0.05, 0.1) is 6.33 Å². The van der Waals surface area contributed by atoms with Gasteiger partial charge in [0.1, 0.15) is 0 Å². The van der Waals surface area contributed by atoms with E-state index < -0.39 is 0 Å². The molecule has 0 radical (unpaired) electrons. The van der Waals surface area contributed by atoms with Crippen LogP contribution in [0.2, 0.25) is 20.1 Å². The van der Waals surface area contributed by atoms with Crippen molar-refractivity contribution in [3.8, 4) is 0 Å².